The van der Waals surface area contributed by atoms with E-state index in [1.165, 1.54) is 32.4 Å². The van der Waals surface area contributed by atoms with E-state index < -0.39 is 17.7 Å². The van der Waals surface area contributed by atoms with Crippen LogP contribution in [-0.2, 0) is 16.0 Å². The third-order valence-electron chi connectivity index (χ3n) is 6.71. The van der Waals surface area contributed by atoms with Crippen LogP contribution in [0.1, 0.15) is 64.9 Å². The molecule has 0 unspecified atom stereocenters. The molecule has 2 saturated heterocycles. The number of likely N-dealkylation sites (tertiary alicyclic amines) is 2. The topological polar surface area (TPSA) is 62.3 Å². The smallest absolute Gasteiger partial charge is 0.410 e. The van der Waals surface area contributed by atoms with Crippen LogP contribution in [0.3, 0.4) is 0 Å². The van der Waals surface area contributed by atoms with Crippen molar-refractivity contribution in [3.63, 3.8) is 0 Å². The van der Waals surface area contributed by atoms with E-state index in [0.29, 0.717) is 26.1 Å². The van der Waals surface area contributed by atoms with Gasteiger partial charge in [-0.2, -0.15) is 0 Å². The number of rotatable bonds is 6. The molecule has 0 bridgehead atoms. The largest absolute Gasteiger partial charge is 0.494 e. The zero-order valence-corrected chi connectivity index (χ0v) is 20.5. The van der Waals surface area contributed by atoms with Gasteiger partial charge in [-0.05, 0) is 96.1 Å². The molecule has 2 amide bonds. The van der Waals surface area contributed by atoms with Crippen molar-refractivity contribution < 1.29 is 19.1 Å². The molecule has 0 saturated carbocycles. The number of anilines is 1. The third-order valence-corrected chi connectivity index (χ3v) is 6.71. The molecule has 3 heterocycles. The van der Waals surface area contributed by atoms with E-state index in [4.69, 9.17) is 9.47 Å². The molecule has 7 nitrogen and oxygen atoms in total. The molecule has 0 spiro atoms. The fourth-order valence-electron chi connectivity index (χ4n) is 5.10. The minimum absolute atomic E-state index is 0.00712. The van der Waals surface area contributed by atoms with Crippen LogP contribution in [0.2, 0.25) is 0 Å². The Morgan fingerprint density at radius 2 is 1.82 bits per heavy atom. The van der Waals surface area contributed by atoms with Crippen molar-refractivity contribution in [1.82, 2.24) is 9.80 Å². The summed E-state index contributed by atoms with van der Waals surface area (Å²) < 4.78 is 11.5. The van der Waals surface area contributed by atoms with E-state index >= 15 is 0 Å². The SMILES string of the molecule is CC(C)(C)OC(=O)N1CCC[C@H]1C(=O)N1CCc2cc(OCCCN3CCCCC3)ccc21. The Morgan fingerprint density at radius 3 is 2.58 bits per heavy atom. The maximum Gasteiger partial charge on any atom is 0.410 e. The number of benzene rings is 1. The second-order valence-electron chi connectivity index (χ2n) is 10.5. The molecule has 0 aliphatic carbocycles. The zero-order valence-electron chi connectivity index (χ0n) is 20.5. The first-order valence-electron chi connectivity index (χ1n) is 12.6. The summed E-state index contributed by atoms with van der Waals surface area (Å²) in [6.07, 6.45) is 6.94. The van der Waals surface area contributed by atoms with Gasteiger partial charge in [0.2, 0.25) is 5.91 Å². The van der Waals surface area contributed by atoms with E-state index in [-0.39, 0.29) is 5.91 Å². The van der Waals surface area contributed by atoms with Crippen molar-refractivity contribution in [3.8, 4) is 5.75 Å². The van der Waals surface area contributed by atoms with E-state index in [9.17, 15) is 9.59 Å². The number of piperidine rings is 1. The van der Waals surface area contributed by atoms with Crippen molar-refractivity contribution in [2.75, 3.05) is 44.2 Å². The average Bonchev–Trinajstić information content (AvgIpc) is 3.43. The van der Waals surface area contributed by atoms with Gasteiger partial charge in [-0.3, -0.25) is 9.69 Å². The first kappa shape index (κ1) is 23.9. The highest BCUT2D eigenvalue weighted by atomic mass is 16.6. The predicted molar refractivity (Wildman–Crippen MR) is 129 cm³/mol. The van der Waals surface area contributed by atoms with Gasteiger partial charge in [-0.1, -0.05) is 6.42 Å². The van der Waals surface area contributed by atoms with Crippen molar-refractivity contribution >= 4 is 17.7 Å². The van der Waals surface area contributed by atoms with E-state index in [1.807, 2.05) is 37.8 Å². The molecule has 3 aliphatic heterocycles. The van der Waals surface area contributed by atoms with Crippen LogP contribution < -0.4 is 9.64 Å². The van der Waals surface area contributed by atoms with Crippen LogP contribution in [0, 0.1) is 0 Å². The molecule has 182 valence electrons. The quantitative estimate of drug-likeness (QED) is 0.598. The summed E-state index contributed by atoms with van der Waals surface area (Å²) in [5.41, 5.74) is 1.51. The van der Waals surface area contributed by atoms with Crippen LogP contribution in [0.4, 0.5) is 10.5 Å². The standard InChI is InChI=1S/C26H39N3O4/c1-26(2,3)33-25(31)29-16-7-9-23(29)24(30)28-17-12-20-19-21(10-11-22(20)28)32-18-8-15-27-13-5-4-6-14-27/h10-11,19,23H,4-9,12-18H2,1-3H3/t23-/m0/s1. The van der Waals surface area contributed by atoms with Gasteiger partial charge in [-0.15, -0.1) is 0 Å². The number of carbonyl (C=O) groups is 2. The van der Waals surface area contributed by atoms with Gasteiger partial charge in [0, 0.05) is 25.3 Å². The summed E-state index contributed by atoms with van der Waals surface area (Å²) in [7, 11) is 0. The molecule has 1 aromatic rings. The molecular formula is C26H39N3O4. The van der Waals surface area contributed by atoms with E-state index in [2.05, 4.69) is 11.0 Å². The molecule has 3 aliphatic rings. The highest BCUT2D eigenvalue weighted by Crippen LogP contribution is 2.34. The van der Waals surface area contributed by atoms with Crippen LogP contribution in [0.5, 0.6) is 5.75 Å². The van der Waals surface area contributed by atoms with Gasteiger partial charge in [0.1, 0.15) is 17.4 Å². The van der Waals surface area contributed by atoms with Gasteiger partial charge >= 0.3 is 6.09 Å². The Bertz CT molecular complexity index is 844. The highest BCUT2D eigenvalue weighted by Gasteiger charge is 2.40. The Kier molecular flexibility index (Phi) is 7.47. The fraction of sp³-hybridized carbons (Fsp3) is 0.692. The third kappa shape index (κ3) is 5.99. The molecule has 2 fully saturated rings. The lowest BCUT2D eigenvalue weighted by atomic mass is 10.1. The van der Waals surface area contributed by atoms with Gasteiger partial charge in [0.05, 0.1) is 6.61 Å². The van der Waals surface area contributed by atoms with Crippen LogP contribution in [0.25, 0.3) is 0 Å². The summed E-state index contributed by atoms with van der Waals surface area (Å²) in [5, 5.41) is 0. The number of carbonyl (C=O) groups excluding carboxylic acids is 2. The van der Waals surface area contributed by atoms with Gasteiger partial charge in [-0.25, -0.2) is 4.79 Å². The molecule has 0 N–H and O–H groups in total. The van der Waals surface area contributed by atoms with Crippen LogP contribution in [0.15, 0.2) is 18.2 Å². The maximum atomic E-state index is 13.4. The summed E-state index contributed by atoms with van der Waals surface area (Å²) in [6, 6.07) is 5.58. The molecule has 4 rings (SSSR count). The van der Waals surface area contributed by atoms with Crippen molar-refractivity contribution in [3.05, 3.63) is 23.8 Å². The second kappa shape index (κ2) is 10.3. The molecule has 1 atom stereocenters. The average molecular weight is 458 g/mol. The summed E-state index contributed by atoms with van der Waals surface area (Å²) in [5.74, 6) is 0.866. The molecule has 7 heteroatoms. The highest BCUT2D eigenvalue weighted by molar-refractivity contribution is 6.00. The fourth-order valence-corrected chi connectivity index (χ4v) is 5.10. The minimum Gasteiger partial charge on any atom is -0.494 e. The summed E-state index contributed by atoms with van der Waals surface area (Å²) in [4.78, 5) is 32.0. The lowest BCUT2D eigenvalue weighted by Crippen LogP contribution is -2.48. The number of hydrogen-bond acceptors (Lipinski definition) is 5. The number of nitrogens with zero attached hydrogens (tertiary/aromatic N) is 3. The van der Waals surface area contributed by atoms with E-state index in [0.717, 1.165) is 42.8 Å². The Labute approximate surface area is 198 Å². The summed E-state index contributed by atoms with van der Waals surface area (Å²) in [6.45, 7) is 11.0. The van der Waals surface area contributed by atoms with Crippen molar-refractivity contribution in [1.29, 1.82) is 0 Å². The molecule has 0 aromatic heterocycles. The Hall–Kier alpha value is -2.28. The first-order valence-corrected chi connectivity index (χ1v) is 12.6. The number of ether oxygens (including phenoxy) is 2. The Morgan fingerprint density at radius 1 is 1.03 bits per heavy atom. The number of fused-ring (bicyclic) bond motifs is 1. The number of amides is 2. The van der Waals surface area contributed by atoms with Gasteiger partial charge < -0.3 is 19.3 Å². The minimum atomic E-state index is -0.572. The molecule has 33 heavy (non-hydrogen) atoms. The van der Waals surface area contributed by atoms with Crippen LogP contribution >= 0.6 is 0 Å². The lowest BCUT2D eigenvalue weighted by molar-refractivity contribution is -0.122. The predicted octanol–water partition coefficient (Wildman–Crippen LogP) is 4.23. The first-order chi connectivity index (χ1) is 15.8. The lowest BCUT2D eigenvalue weighted by Gasteiger charge is -2.30. The normalized spacial score (nSPS) is 21.2. The summed E-state index contributed by atoms with van der Waals surface area (Å²) >= 11 is 0. The van der Waals surface area contributed by atoms with E-state index in [1.54, 1.807) is 4.90 Å². The van der Waals surface area contributed by atoms with Gasteiger partial charge in [0.15, 0.2) is 0 Å². The number of hydrogen-bond donors (Lipinski definition) is 0. The van der Waals surface area contributed by atoms with Crippen molar-refractivity contribution in [2.45, 2.75) is 77.4 Å². The van der Waals surface area contributed by atoms with Crippen molar-refractivity contribution in [2.24, 2.45) is 0 Å². The molecule has 0 radical (unpaired) electrons. The molecule has 1 aromatic carbocycles. The van der Waals surface area contributed by atoms with Crippen LogP contribution in [-0.4, -0.2) is 72.8 Å². The molecular weight excluding hydrogens is 418 g/mol. The zero-order chi connectivity index (χ0) is 23.4. The van der Waals surface area contributed by atoms with Gasteiger partial charge in [0.25, 0.3) is 0 Å². The Balaban J connectivity index is 1.32. The maximum absolute atomic E-state index is 13.4. The monoisotopic (exact) mass is 457 g/mol. The second-order valence-corrected chi connectivity index (χ2v) is 10.5.